The molecular weight excluding hydrogens is 343 g/mol. The summed E-state index contributed by atoms with van der Waals surface area (Å²) in [6.45, 7) is 0. The van der Waals surface area contributed by atoms with Crippen LogP contribution in [0.4, 0.5) is 0 Å². The van der Waals surface area contributed by atoms with Gasteiger partial charge < -0.3 is 0 Å². The van der Waals surface area contributed by atoms with Crippen molar-refractivity contribution in [1.29, 1.82) is 0 Å². The predicted octanol–water partition coefficient (Wildman–Crippen LogP) is 3.24. The first kappa shape index (κ1) is 15.6. The van der Waals surface area contributed by atoms with Crippen LogP contribution in [-0.2, 0) is 17.7 Å². The fraction of sp³-hybridized carbons (Fsp3) is 0.167. The third-order valence-corrected chi connectivity index (χ3v) is 8.70. The zero-order valence-corrected chi connectivity index (χ0v) is 13.2. The molecule has 0 aromatic heterocycles. The van der Waals surface area contributed by atoms with E-state index in [9.17, 15) is 16.8 Å². The van der Waals surface area contributed by atoms with Crippen LogP contribution in [0, 0.1) is 0 Å². The summed E-state index contributed by atoms with van der Waals surface area (Å²) in [5.41, 5.74) is 0. The molecule has 0 N–H and O–H groups in total. The molecule has 1 aromatic rings. The summed E-state index contributed by atoms with van der Waals surface area (Å²) in [4.78, 5) is -0.458. The third kappa shape index (κ3) is 2.79. The molecule has 0 amide bonds. The molecule has 2 rings (SSSR count). The van der Waals surface area contributed by atoms with Crippen molar-refractivity contribution in [3.63, 3.8) is 0 Å². The second kappa shape index (κ2) is 5.52. The van der Waals surface area contributed by atoms with Gasteiger partial charge in [0.25, 0.3) is 17.7 Å². The van der Waals surface area contributed by atoms with Gasteiger partial charge in [-0.3, -0.25) is 0 Å². The van der Waals surface area contributed by atoms with E-state index in [0.717, 1.165) is 0 Å². The monoisotopic (exact) mass is 352 g/mol. The Balaban J connectivity index is 2.51. The van der Waals surface area contributed by atoms with Gasteiger partial charge in [0.1, 0.15) is 0 Å². The first-order valence-corrected chi connectivity index (χ1v) is 9.80. The highest BCUT2D eigenvalue weighted by Gasteiger charge is 2.35. The maximum absolute atomic E-state index is 12.2. The van der Waals surface area contributed by atoms with Gasteiger partial charge in [-0.25, -0.2) is 16.8 Å². The van der Waals surface area contributed by atoms with E-state index in [1.807, 2.05) is 0 Å². The minimum atomic E-state index is -4.50. The van der Waals surface area contributed by atoms with Crippen LogP contribution in [0.2, 0.25) is 5.02 Å². The minimum Gasteiger partial charge on any atom is -0.207 e. The van der Waals surface area contributed by atoms with Gasteiger partial charge in [-0.1, -0.05) is 23.2 Å². The molecule has 0 aliphatic heterocycles. The van der Waals surface area contributed by atoms with Crippen molar-refractivity contribution in [3.8, 4) is 0 Å². The van der Waals surface area contributed by atoms with Crippen molar-refractivity contribution in [2.24, 2.45) is 0 Å². The van der Waals surface area contributed by atoms with Gasteiger partial charge in [0.15, 0.2) is 0 Å². The van der Waals surface area contributed by atoms with Gasteiger partial charge in [0.2, 0.25) is 0 Å². The first-order chi connectivity index (χ1) is 9.25. The van der Waals surface area contributed by atoms with E-state index in [1.165, 1.54) is 36.4 Å². The Morgan fingerprint density at radius 3 is 1.90 bits per heavy atom. The summed E-state index contributed by atoms with van der Waals surface area (Å²) in [6, 6.07) is 4.99. The number of hydrogen-bond donors (Lipinski definition) is 0. The number of hydrogen-bond acceptors (Lipinski definition) is 4. The van der Waals surface area contributed by atoms with Crippen LogP contribution in [0.15, 0.2) is 51.3 Å². The predicted molar refractivity (Wildman–Crippen MR) is 78.8 cm³/mol. The van der Waals surface area contributed by atoms with Crippen molar-refractivity contribution >= 4 is 40.9 Å². The van der Waals surface area contributed by atoms with E-state index in [1.54, 1.807) is 0 Å². The molecule has 108 valence electrons. The molecule has 0 fully saturated rings. The molecule has 0 heterocycles. The molecule has 0 atom stereocenters. The summed E-state index contributed by atoms with van der Waals surface area (Å²) >= 11 is 11.4. The largest absolute Gasteiger partial charge is 0.286 e. The molecule has 8 heteroatoms. The zero-order chi connectivity index (χ0) is 15.0. The van der Waals surface area contributed by atoms with E-state index in [0.29, 0.717) is 16.5 Å². The molecular formula is C12H10Cl2O4S2. The number of benzene rings is 1. The van der Waals surface area contributed by atoms with E-state index in [-0.39, 0.29) is 16.2 Å². The highest BCUT2D eigenvalue weighted by Crippen LogP contribution is 2.31. The van der Waals surface area contributed by atoms with Crippen molar-refractivity contribution in [2.75, 3.05) is 0 Å². The second-order valence-corrected chi connectivity index (χ2v) is 10.5. The Bertz CT molecular complexity index is 788. The van der Waals surface area contributed by atoms with E-state index in [4.69, 9.17) is 23.2 Å². The van der Waals surface area contributed by atoms with E-state index in [2.05, 4.69) is 0 Å². The molecule has 1 aliphatic rings. The molecule has 0 unspecified atom stereocenters. The quantitative estimate of drug-likeness (QED) is 0.783. The van der Waals surface area contributed by atoms with Crippen LogP contribution in [0.5, 0.6) is 0 Å². The molecule has 0 radical (unpaired) electrons. The van der Waals surface area contributed by atoms with Gasteiger partial charge in [-0.05, 0) is 49.3 Å². The molecule has 0 saturated heterocycles. The Labute approximate surface area is 126 Å². The molecule has 0 spiro atoms. The van der Waals surface area contributed by atoms with Gasteiger partial charge in [0, 0.05) is 10.1 Å². The third-order valence-electron chi connectivity index (χ3n) is 2.77. The van der Waals surface area contributed by atoms with Crippen molar-refractivity contribution in [2.45, 2.75) is 17.7 Å². The molecule has 4 nitrogen and oxygen atoms in total. The van der Waals surface area contributed by atoms with Crippen LogP contribution < -0.4 is 0 Å². The maximum Gasteiger partial charge on any atom is 0.286 e. The Kier molecular flexibility index (Phi) is 4.30. The summed E-state index contributed by atoms with van der Waals surface area (Å²) in [5, 5.41) is 0.820. The van der Waals surface area contributed by atoms with Crippen LogP contribution >= 0.6 is 23.2 Å². The van der Waals surface area contributed by atoms with E-state index < -0.39 is 17.7 Å². The Morgan fingerprint density at radius 1 is 0.800 bits per heavy atom. The normalized spacial score (nSPS) is 16.5. The molecule has 20 heavy (non-hydrogen) atoms. The molecule has 0 saturated carbocycles. The Morgan fingerprint density at radius 2 is 1.40 bits per heavy atom. The molecule has 1 aromatic carbocycles. The van der Waals surface area contributed by atoms with Crippen LogP contribution in [-0.4, -0.2) is 16.8 Å². The van der Waals surface area contributed by atoms with E-state index >= 15 is 0 Å². The lowest BCUT2D eigenvalue weighted by molar-refractivity contribution is 0.584. The lowest BCUT2D eigenvalue weighted by atomic mass is 10.2. The fourth-order valence-electron chi connectivity index (χ4n) is 1.67. The summed E-state index contributed by atoms with van der Waals surface area (Å²) in [5.74, 6) is 0. The molecule has 1 aliphatic carbocycles. The lowest BCUT2D eigenvalue weighted by Crippen LogP contribution is -2.18. The second-order valence-electron chi connectivity index (χ2n) is 4.11. The maximum atomic E-state index is 12.2. The average Bonchev–Trinajstić information content (AvgIpc) is 2.39. The van der Waals surface area contributed by atoms with Gasteiger partial charge in [-0.2, -0.15) is 0 Å². The van der Waals surface area contributed by atoms with Gasteiger partial charge in [0.05, 0.1) is 9.80 Å². The van der Waals surface area contributed by atoms with Gasteiger partial charge >= 0.3 is 0 Å². The first-order valence-electron chi connectivity index (χ1n) is 5.56. The fourth-order valence-corrected chi connectivity index (χ4v) is 5.90. The number of allylic oxidation sites excluding steroid dienone is 4. The lowest BCUT2D eigenvalue weighted by Gasteiger charge is -2.12. The van der Waals surface area contributed by atoms with Crippen molar-refractivity contribution in [1.82, 2.24) is 0 Å². The summed E-state index contributed by atoms with van der Waals surface area (Å²) < 4.78 is 48.9. The highest BCUT2D eigenvalue weighted by atomic mass is 35.5. The van der Waals surface area contributed by atoms with Gasteiger partial charge in [-0.15, -0.1) is 0 Å². The summed E-state index contributed by atoms with van der Waals surface area (Å²) in [6.07, 6.45) is 3.01. The highest BCUT2D eigenvalue weighted by molar-refractivity contribution is 8.68. The van der Waals surface area contributed by atoms with Crippen LogP contribution in [0.25, 0.3) is 0 Å². The Hall–Kier alpha value is -0.820. The van der Waals surface area contributed by atoms with Crippen molar-refractivity contribution < 1.29 is 16.8 Å². The summed E-state index contributed by atoms with van der Waals surface area (Å²) in [7, 11) is -8.96. The topological polar surface area (TPSA) is 68.3 Å². The molecule has 0 bridgehead atoms. The van der Waals surface area contributed by atoms with Crippen LogP contribution in [0.3, 0.4) is 0 Å². The van der Waals surface area contributed by atoms with Crippen LogP contribution in [0.1, 0.15) is 12.8 Å². The van der Waals surface area contributed by atoms with Crippen molar-refractivity contribution in [3.05, 3.63) is 51.4 Å². The zero-order valence-electron chi connectivity index (χ0n) is 10.1. The standard InChI is InChI=1S/C12H10Cl2O4S2/c13-9-1-5-11(6-2-9)19(15,16)20(17,18)12-7-3-10(14)4-8-12/h1-3,5-7H,4,8H2. The average molecular weight is 353 g/mol. The number of halogens is 2. The SMILES string of the molecule is O=S(=O)(C1=CC=C(Cl)CC1)S(=O)(=O)c1ccc(Cl)cc1. The number of rotatable bonds is 3. The minimum absolute atomic E-state index is 0.0739. The smallest absolute Gasteiger partial charge is 0.207 e.